The molecule has 6 aliphatic heterocycles. The molecule has 3 atom stereocenters. The molecule has 12 rings (SSSR count). The first-order chi connectivity index (χ1) is 40.3. The van der Waals surface area contributed by atoms with Crippen LogP contribution in [-0.4, -0.2) is 149 Å². The van der Waals surface area contributed by atoms with Gasteiger partial charge < -0.3 is 38.3 Å². The number of anilines is 6. The van der Waals surface area contributed by atoms with Crippen LogP contribution in [0.3, 0.4) is 0 Å². The summed E-state index contributed by atoms with van der Waals surface area (Å²) >= 11 is 0. The number of H-pyrrole nitrogens is 1. The van der Waals surface area contributed by atoms with Crippen molar-refractivity contribution in [3.63, 3.8) is 0 Å². The zero-order valence-corrected chi connectivity index (χ0v) is 51.3. The lowest BCUT2D eigenvalue weighted by Gasteiger charge is -2.29. The van der Waals surface area contributed by atoms with E-state index in [1.807, 2.05) is 36.4 Å². The highest BCUT2D eigenvalue weighted by Gasteiger charge is 2.37. The number of aromatic amines is 1. The molecular formula is C57H77N15O10S3. The summed E-state index contributed by atoms with van der Waals surface area (Å²) in [6.45, 7) is 10.2. The Kier molecular flexibility index (Phi) is 18.5. The van der Waals surface area contributed by atoms with Crippen molar-refractivity contribution in [1.82, 2.24) is 42.7 Å². The number of carbonyl (C=O) groups excluding carboxylic acids is 2. The first-order valence-electron chi connectivity index (χ1n) is 28.6. The van der Waals surface area contributed by atoms with E-state index in [1.165, 1.54) is 57.7 Å². The van der Waals surface area contributed by atoms with Gasteiger partial charge in [-0.2, -0.15) is 27.8 Å². The fraction of sp³-hybridized carbons (Fsp3) is 0.474. The lowest BCUT2D eigenvalue weighted by atomic mass is 9.87. The molecule has 11 N–H and O–H groups in total. The summed E-state index contributed by atoms with van der Waals surface area (Å²) in [6, 6.07) is 18.0. The highest BCUT2D eigenvalue weighted by molar-refractivity contribution is 7.88. The Labute approximate surface area is 496 Å². The molecule has 6 aliphatic rings. The summed E-state index contributed by atoms with van der Waals surface area (Å²) in [7, 11) is -9.78. The summed E-state index contributed by atoms with van der Waals surface area (Å²) < 4.78 is 77.0. The molecule has 85 heavy (non-hydrogen) atoms. The Bertz CT molecular complexity index is 3880. The molecule has 0 saturated heterocycles. The van der Waals surface area contributed by atoms with Crippen LogP contribution in [0.5, 0.6) is 0 Å². The Morgan fingerprint density at radius 3 is 1.45 bits per heavy atom. The van der Waals surface area contributed by atoms with E-state index < -0.39 is 36.0 Å². The Morgan fingerprint density at radius 1 is 0.553 bits per heavy atom. The van der Waals surface area contributed by atoms with E-state index in [2.05, 4.69) is 75.3 Å². The van der Waals surface area contributed by atoms with Crippen molar-refractivity contribution in [3.8, 4) is 0 Å². The van der Waals surface area contributed by atoms with E-state index in [4.69, 9.17) is 22.3 Å². The monoisotopic (exact) mass is 1230 g/mol. The molecule has 0 aliphatic carbocycles. The number of carboxylic acids is 1. The second-order valence-electron chi connectivity index (χ2n) is 22.1. The Morgan fingerprint density at radius 2 is 0.976 bits per heavy atom. The topological polar surface area (TPSA) is 362 Å². The summed E-state index contributed by atoms with van der Waals surface area (Å²) in [6.07, 6.45) is 9.82. The van der Waals surface area contributed by atoms with Crippen LogP contribution >= 0.6 is 0 Å². The minimum Gasteiger partial charge on any atom is -0.481 e. The third-order valence-corrected chi connectivity index (χ3v) is 20.5. The quantitative estimate of drug-likeness (QED) is 0.0971. The number of fused-ring (bicyclic) bond motifs is 6. The van der Waals surface area contributed by atoms with Crippen LogP contribution in [0, 0.1) is 0 Å². The first-order valence-corrected chi connectivity index (χ1v) is 34.2. The van der Waals surface area contributed by atoms with Crippen molar-refractivity contribution < 1.29 is 44.7 Å². The molecule has 0 radical (unpaired) electrons. The van der Waals surface area contributed by atoms with Gasteiger partial charge in [-0.25, -0.2) is 29.9 Å². The van der Waals surface area contributed by atoms with Crippen molar-refractivity contribution >= 4 is 82.4 Å². The van der Waals surface area contributed by atoms with E-state index >= 15 is 0 Å². The molecule has 0 bridgehead atoms. The zero-order chi connectivity index (χ0) is 61.3. The van der Waals surface area contributed by atoms with Crippen LogP contribution in [0.25, 0.3) is 0 Å². The van der Waals surface area contributed by atoms with Crippen molar-refractivity contribution in [3.05, 3.63) is 122 Å². The number of aromatic nitrogens is 6. The molecule has 0 spiro atoms. The van der Waals surface area contributed by atoms with Crippen molar-refractivity contribution in [2.24, 2.45) is 0 Å². The molecule has 28 heteroatoms. The average Bonchev–Trinajstić information content (AvgIpc) is 4.20. The minimum atomic E-state index is -3.35. The maximum Gasteiger partial charge on any atom is 0.311 e. The lowest BCUT2D eigenvalue weighted by molar-refractivity contribution is -0.139. The van der Waals surface area contributed by atoms with Crippen molar-refractivity contribution in [1.29, 1.82) is 0 Å². The van der Waals surface area contributed by atoms with Gasteiger partial charge in [-0.1, -0.05) is 75.4 Å². The smallest absolute Gasteiger partial charge is 0.311 e. The van der Waals surface area contributed by atoms with Gasteiger partial charge in [-0.05, 0) is 91.2 Å². The number of nitrogens with two attached hydrogens (primary N) is 3. The molecule has 0 fully saturated rings. The van der Waals surface area contributed by atoms with E-state index in [9.17, 15) is 39.6 Å². The van der Waals surface area contributed by atoms with E-state index in [0.717, 1.165) is 81.9 Å². The van der Waals surface area contributed by atoms with Crippen molar-refractivity contribution in [2.45, 2.75) is 116 Å². The van der Waals surface area contributed by atoms with Crippen LogP contribution in [0.1, 0.15) is 135 Å². The van der Waals surface area contributed by atoms with Gasteiger partial charge in [0, 0.05) is 73.0 Å². The van der Waals surface area contributed by atoms with Gasteiger partial charge in [-0.15, -0.1) is 5.10 Å². The molecule has 3 unspecified atom stereocenters. The number of para-hydroxylation sites is 3. The number of benzene rings is 3. The van der Waals surface area contributed by atoms with Gasteiger partial charge in [0.1, 0.15) is 17.5 Å². The number of carbonyl (C=O) groups is 3. The van der Waals surface area contributed by atoms with Gasteiger partial charge in [0.25, 0.3) is 11.8 Å². The average molecular weight is 1230 g/mol. The van der Waals surface area contributed by atoms with Gasteiger partial charge in [0.2, 0.25) is 30.1 Å². The van der Waals surface area contributed by atoms with Crippen LogP contribution < -0.4 is 33.2 Å². The van der Waals surface area contributed by atoms with Crippen LogP contribution in [0.4, 0.5) is 34.5 Å². The number of aryl methyl sites for hydroxylation is 3. The summed E-state index contributed by atoms with van der Waals surface area (Å²) in [5.41, 5.74) is 32.0. The number of nitrogens with zero attached hydrogens (tertiary/aromatic N) is 8. The fourth-order valence-electron chi connectivity index (χ4n) is 12.2. The normalized spacial score (nSPS) is 19.2. The molecule has 6 aromatic rings. The van der Waals surface area contributed by atoms with Gasteiger partial charge >= 0.3 is 5.97 Å². The molecule has 25 nitrogen and oxygen atoms in total. The largest absolute Gasteiger partial charge is 0.481 e. The molecule has 3 aromatic heterocycles. The molecule has 458 valence electrons. The first kappa shape index (κ1) is 62.2. The summed E-state index contributed by atoms with van der Waals surface area (Å²) in [5, 5.41) is 34.6. The third-order valence-electron chi connectivity index (χ3n) is 16.8. The number of sulfonamides is 3. The highest BCUT2D eigenvalue weighted by atomic mass is 32.2. The standard InChI is InChI=1S/2C19H25N5O3S.C12H15NO2.C7H12N4O2S/c1-3-12-5-4-6-13-14(7-9-21-17(12)13)19(25)24-16-11-23(28(2,26)27)10-8-15(16)18(20)22-24;1-3-12-5-4-6-13-14(7-9-21-17(12)13)19(25)24-18(20)15-8-10-23(28(2,26)27)11-16(15)22-24;1-2-8-4-3-5-9-10(12(14)15)6-7-13-11(8)9;1-14(12,13)11-3-2-5-6(4-11)9-10-7(5)8/h4-6,14,21H,3,7-11H2,1-2H3,(H2,20,22);4-6,14,21H,3,7-11,20H2,1-2H3;3-5,10,13H,2,6-7H2,1H3,(H,14,15);2-4H2,1H3,(H3,8,9,10). The summed E-state index contributed by atoms with van der Waals surface area (Å²) in [4.78, 5) is 37.9. The minimum absolute atomic E-state index is 0.122. The third kappa shape index (κ3) is 13.1. The number of carboxylic acid groups (broad SMARTS) is 1. The second-order valence-corrected chi connectivity index (χ2v) is 28.0. The molecule has 0 saturated carbocycles. The number of rotatable bonds is 9. The van der Waals surface area contributed by atoms with Gasteiger partial charge in [0.05, 0.1) is 73.2 Å². The van der Waals surface area contributed by atoms with Crippen LogP contribution in [-0.2, 0) is 93.0 Å². The Hall–Kier alpha value is -7.37. The number of aliphatic carboxylic acids is 1. The molecule has 0 amide bonds. The predicted octanol–water partition coefficient (Wildman–Crippen LogP) is 4.71. The molecular weight excluding hydrogens is 1150 g/mol. The van der Waals surface area contributed by atoms with E-state index in [0.29, 0.717) is 107 Å². The van der Waals surface area contributed by atoms with E-state index in [-0.39, 0.29) is 42.7 Å². The number of hydrogen-bond donors (Lipinski definition) is 8. The Balaban J connectivity index is 0.000000142. The van der Waals surface area contributed by atoms with E-state index in [1.54, 1.807) is 0 Å². The maximum absolute atomic E-state index is 13.5. The predicted molar refractivity (Wildman–Crippen MR) is 327 cm³/mol. The highest BCUT2D eigenvalue weighted by Crippen LogP contribution is 2.39. The fourth-order valence-corrected chi connectivity index (χ4v) is 14.5. The molecule has 9 heterocycles. The lowest BCUT2D eigenvalue weighted by Crippen LogP contribution is -2.37. The number of nitrogen functional groups attached to an aromatic ring is 3. The summed E-state index contributed by atoms with van der Waals surface area (Å²) in [5.74, 6) is -0.898. The number of hydrogen-bond acceptors (Lipinski definition) is 18. The van der Waals surface area contributed by atoms with Crippen molar-refractivity contribution in [2.75, 3.05) is 91.2 Å². The number of nitrogens with one attached hydrogen (secondary N) is 4. The van der Waals surface area contributed by atoms with Gasteiger partial charge in [-0.3, -0.25) is 19.5 Å². The second kappa shape index (κ2) is 25.3. The van der Waals surface area contributed by atoms with Crippen LogP contribution in [0.2, 0.25) is 0 Å². The van der Waals surface area contributed by atoms with Gasteiger partial charge in [0.15, 0.2) is 0 Å². The SMILES string of the molecule is CCc1cccc2c1NCCC2C(=O)O.CCc1cccc2c1NCCC2C(=O)n1nc(N)c2c1CN(S(C)(=O)=O)CC2.CCc1cccc2c1NCCC2C(=O)n1nc2c(c1N)CCN(S(C)(=O)=O)C2.CS(=O)(=O)N1CCc2c(N)n[nH]c2C1. The zero-order valence-electron chi connectivity index (χ0n) is 48.8. The maximum atomic E-state index is 13.5. The van der Waals surface area contributed by atoms with Crippen LogP contribution in [0.15, 0.2) is 54.6 Å². The molecule has 3 aromatic carbocycles.